The Hall–Kier alpha value is -1.32. The van der Waals surface area contributed by atoms with Crippen LogP contribution in [-0.4, -0.2) is 24.9 Å². The van der Waals surface area contributed by atoms with Crippen LogP contribution >= 0.6 is 0 Å². The van der Waals surface area contributed by atoms with Crippen LogP contribution in [0.2, 0.25) is 0 Å². The molecule has 0 aliphatic heterocycles. The van der Waals surface area contributed by atoms with E-state index >= 15 is 0 Å². The molecule has 2 N–H and O–H groups in total. The van der Waals surface area contributed by atoms with Crippen LogP contribution in [0.1, 0.15) is 33.1 Å². The molecule has 0 fully saturated rings. The van der Waals surface area contributed by atoms with E-state index in [1.54, 1.807) is 6.92 Å². The fraction of sp³-hybridized carbons (Fsp3) is 0.636. The summed E-state index contributed by atoms with van der Waals surface area (Å²) in [5.74, 6) is -0.0337. The maximum Gasteiger partial charge on any atom is 0.246 e. The van der Waals surface area contributed by atoms with Gasteiger partial charge in [0.05, 0.1) is 0 Å². The first-order valence-corrected chi connectivity index (χ1v) is 5.28. The van der Waals surface area contributed by atoms with Gasteiger partial charge in [-0.1, -0.05) is 13.5 Å². The Balaban J connectivity index is 3.29. The standard InChI is InChI=1S/C11H20N2O2/c1-4-10(14)12-7-5-6-8-13-11(15)9(2)3/h2,4-8H2,1,3H3,(H,12,14)(H,13,15). The fourth-order valence-electron chi connectivity index (χ4n) is 0.956. The molecule has 15 heavy (non-hydrogen) atoms. The lowest BCUT2D eigenvalue weighted by Crippen LogP contribution is -2.27. The molecular formula is C11H20N2O2. The molecule has 0 unspecified atom stereocenters. The third kappa shape index (κ3) is 7.73. The van der Waals surface area contributed by atoms with Crippen LogP contribution in [0.3, 0.4) is 0 Å². The van der Waals surface area contributed by atoms with E-state index in [-0.39, 0.29) is 11.8 Å². The lowest BCUT2D eigenvalue weighted by molar-refractivity contribution is -0.121. The average Bonchev–Trinajstić information content (AvgIpc) is 2.22. The summed E-state index contributed by atoms with van der Waals surface area (Å²) in [4.78, 5) is 21.9. The normalized spacial score (nSPS) is 9.47. The topological polar surface area (TPSA) is 58.2 Å². The number of hydrogen-bond donors (Lipinski definition) is 2. The lowest BCUT2D eigenvalue weighted by atomic mass is 10.3. The molecule has 0 aliphatic rings. The monoisotopic (exact) mass is 212 g/mol. The van der Waals surface area contributed by atoms with Crippen molar-refractivity contribution in [1.29, 1.82) is 0 Å². The summed E-state index contributed by atoms with van der Waals surface area (Å²) in [7, 11) is 0. The highest BCUT2D eigenvalue weighted by molar-refractivity contribution is 5.91. The number of carbonyl (C=O) groups excluding carboxylic acids is 2. The molecule has 0 aromatic heterocycles. The van der Waals surface area contributed by atoms with Gasteiger partial charge in [-0.2, -0.15) is 0 Å². The van der Waals surface area contributed by atoms with E-state index in [4.69, 9.17) is 0 Å². The first-order chi connectivity index (χ1) is 7.07. The third-order valence-electron chi connectivity index (χ3n) is 1.92. The van der Waals surface area contributed by atoms with Crippen LogP contribution in [0, 0.1) is 0 Å². The minimum absolute atomic E-state index is 0.0703. The first kappa shape index (κ1) is 13.7. The highest BCUT2D eigenvalue weighted by Crippen LogP contribution is 1.89. The number of hydrogen-bond acceptors (Lipinski definition) is 2. The van der Waals surface area contributed by atoms with Gasteiger partial charge in [-0.05, 0) is 19.8 Å². The smallest absolute Gasteiger partial charge is 0.246 e. The van der Waals surface area contributed by atoms with Crippen LogP contribution < -0.4 is 10.6 Å². The summed E-state index contributed by atoms with van der Waals surface area (Å²) in [5, 5.41) is 5.51. The van der Waals surface area contributed by atoms with Gasteiger partial charge in [0.2, 0.25) is 11.8 Å². The Labute approximate surface area is 91.1 Å². The maximum atomic E-state index is 11.0. The molecule has 0 aromatic carbocycles. The Kier molecular flexibility index (Phi) is 7.32. The number of amides is 2. The number of rotatable bonds is 7. The van der Waals surface area contributed by atoms with Gasteiger partial charge in [-0.25, -0.2) is 0 Å². The number of nitrogens with one attached hydrogen (secondary N) is 2. The highest BCUT2D eigenvalue weighted by Gasteiger charge is 1.99. The van der Waals surface area contributed by atoms with Crippen molar-refractivity contribution < 1.29 is 9.59 Å². The molecule has 0 radical (unpaired) electrons. The molecule has 0 atom stereocenters. The fourth-order valence-corrected chi connectivity index (χ4v) is 0.956. The van der Waals surface area contributed by atoms with Crippen LogP contribution in [0.25, 0.3) is 0 Å². The minimum Gasteiger partial charge on any atom is -0.356 e. The predicted octanol–water partition coefficient (Wildman–Crippen LogP) is 0.985. The molecule has 0 heterocycles. The summed E-state index contributed by atoms with van der Waals surface area (Å²) in [6.07, 6.45) is 2.26. The second kappa shape index (κ2) is 8.03. The summed E-state index contributed by atoms with van der Waals surface area (Å²) in [5.41, 5.74) is 0.522. The van der Waals surface area contributed by atoms with Crippen molar-refractivity contribution in [2.24, 2.45) is 0 Å². The molecule has 4 nitrogen and oxygen atoms in total. The van der Waals surface area contributed by atoms with Gasteiger partial charge in [-0.3, -0.25) is 9.59 Å². The summed E-state index contributed by atoms with van der Waals surface area (Å²) < 4.78 is 0. The van der Waals surface area contributed by atoms with Crippen molar-refractivity contribution in [2.75, 3.05) is 13.1 Å². The van der Waals surface area contributed by atoms with E-state index in [0.29, 0.717) is 25.1 Å². The van der Waals surface area contributed by atoms with Gasteiger partial charge in [-0.15, -0.1) is 0 Å². The van der Waals surface area contributed by atoms with Crippen molar-refractivity contribution in [1.82, 2.24) is 10.6 Å². The molecule has 4 heteroatoms. The summed E-state index contributed by atoms with van der Waals surface area (Å²) >= 11 is 0. The first-order valence-electron chi connectivity index (χ1n) is 5.28. The largest absolute Gasteiger partial charge is 0.356 e. The summed E-state index contributed by atoms with van der Waals surface area (Å²) in [6.45, 7) is 8.34. The van der Waals surface area contributed by atoms with Crippen molar-refractivity contribution in [2.45, 2.75) is 33.1 Å². The molecule has 0 saturated carbocycles. The Morgan fingerprint density at radius 2 is 1.67 bits per heavy atom. The predicted molar refractivity (Wildman–Crippen MR) is 60.4 cm³/mol. The van der Waals surface area contributed by atoms with E-state index in [9.17, 15) is 9.59 Å². The highest BCUT2D eigenvalue weighted by atomic mass is 16.2. The number of carbonyl (C=O) groups is 2. The molecule has 0 spiro atoms. The zero-order valence-corrected chi connectivity index (χ0v) is 9.56. The van der Waals surface area contributed by atoms with E-state index in [0.717, 1.165) is 12.8 Å². The molecule has 0 saturated heterocycles. The lowest BCUT2D eigenvalue weighted by Gasteiger charge is -2.05. The molecular weight excluding hydrogens is 192 g/mol. The van der Waals surface area contributed by atoms with Gasteiger partial charge in [0.1, 0.15) is 0 Å². The minimum atomic E-state index is -0.104. The van der Waals surface area contributed by atoms with E-state index < -0.39 is 0 Å². The van der Waals surface area contributed by atoms with Crippen molar-refractivity contribution in [3.63, 3.8) is 0 Å². The Morgan fingerprint density at radius 1 is 1.13 bits per heavy atom. The maximum absolute atomic E-state index is 11.0. The quantitative estimate of drug-likeness (QED) is 0.488. The van der Waals surface area contributed by atoms with Gasteiger partial charge in [0, 0.05) is 25.1 Å². The molecule has 0 rings (SSSR count). The van der Waals surface area contributed by atoms with Crippen molar-refractivity contribution >= 4 is 11.8 Å². The summed E-state index contributed by atoms with van der Waals surface area (Å²) in [6, 6.07) is 0. The van der Waals surface area contributed by atoms with Crippen molar-refractivity contribution in [3.8, 4) is 0 Å². The third-order valence-corrected chi connectivity index (χ3v) is 1.92. The Bertz CT molecular complexity index is 237. The van der Waals surface area contributed by atoms with Crippen LogP contribution in [0.4, 0.5) is 0 Å². The van der Waals surface area contributed by atoms with Crippen molar-refractivity contribution in [3.05, 3.63) is 12.2 Å². The zero-order valence-electron chi connectivity index (χ0n) is 9.56. The van der Waals surface area contributed by atoms with Crippen LogP contribution in [-0.2, 0) is 9.59 Å². The second-order valence-electron chi connectivity index (χ2n) is 3.45. The van der Waals surface area contributed by atoms with Gasteiger partial charge in [0.25, 0.3) is 0 Å². The molecule has 2 amide bonds. The van der Waals surface area contributed by atoms with Gasteiger partial charge >= 0.3 is 0 Å². The van der Waals surface area contributed by atoms with E-state index in [1.807, 2.05) is 6.92 Å². The zero-order chi connectivity index (χ0) is 11.7. The van der Waals surface area contributed by atoms with E-state index in [1.165, 1.54) is 0 Å². The molecule has 0 bridgehead atoms. The van der Waals surface area contributed by atoms with Gasteiger partial charge < -0.3 is 10.6 Å². The SMILES string of the molecule is C=C(C)C(=O)NCCCCNC(=O)CC. The van der Waals surface area contributed by atoms with Crippen LogP contribution in [0.15, 0.2) is 12.2 Å². The molecule has 0 aromatic rings. The number of unbranched alkanes of at least 4 members (excludes halogenated alkanes) is 1. The van der Waals surface area contributed by atoms with Crippen LogP contribution in [0.5, 0.6) is 0 Å². The molecule has 86 valence electrons. The average molecular weight is 212 g/mol. The second-order valence-corrected chi connectivity index (χ2v) is 3.45. The molecule has 0 aliphatic carbocycles. The Morgan fingerprint density at radius 3 is 2.13 bits per heavy atom. The van der Waals surface area contributed by atoms with E-state index in [2.05, 4.69) is 17.2 Å². The van der Waals surface area contributed by atoms with Gasteiger partial charge in [0.15, 0.2) is 0 Å².